The number of carbonyl (C=O) groups excluding carboxylic acids is 1. The van der Waals surface area contributed by atoms with Crippen molar-refractivity contribution in [1.29, 1.82) is 5.26 Å². The third-order valence-corrected chi connectivity index (χ3v) is 3.13. The molecule has 1 heterocycles. The molecule has 0 bridgehead atoms. The zero-order chi connectivity index (χ0) is 17.2. The Balaban J connectivity index is 2.52. The Morgan fingerprint density at radius 2 is 2.04 bits per heavy atom. The summed E-state index contributed by atoms with van der Waals surface area (Å²) in [5, 5.41) is 9.15. The molecule has 1 aromatic heterocycles. The van der Waals surface area contributed by atoms with E-state index >= 15 is 0 Å². The number of aromatic nitrogens is 1. The van der Waals surface area contributed by atoms with E-state index in [1.54, 1.807) is 0 Å². The molecule has 0 aliphatic rings. The molecule has 120 valence electrons. The van der Waals surface area contributed by atoms with Gasteiger partial charge in [-0.25, -0.2) is 0 Å². The van der Waals surface area contributed by atoms with Crippen LogP contribution in [0, 0.1) is 11.3 Å². The number of rotatable bonds is 3. The number of esters is 1. The zero-order valence-electron chi connectivity index (χ0n) is 12.0. The largest absolute Gasteiger partial charge is 0.468 e. The van der Waals surface area contributed by atoms with E-state index in [0.29, 0.717) is 0 Å². The average molecular weight is 323 g/mol. The first kappa shape index (κ1) is 16.4. The highest BCUT2D eigenvalue weighted by atomic mass is 19.4. The van der Waals surface area contributed by atoms with Crippen LogP contribution in [0.25, 0.3) is 11.1 Å². The summed E-state index contributed by atoms with van der Waals surface area (Å²) in [6.45, 7) is -0.153. The van der Waals surface area contributed by atoms with Gasteiger partial charge in [-0.05, 0) is 23.8 Å². The monoisotopic (exact) mass is 323 g/mol. The Hall–Kier alpha value is -2.95. The molecule has 2 aromatic rings. The lowest BCUT2D eigenvalue weighted by Gasteiger charge is -2.10. The maximum Gasteiger partial charge on any atom is 0.416 e. The molecule has 0 unspecified atom stereocenters. The van der Waals surface area contributed by atoms with Crippen molar-refractivity contribution in [2.45, 2.75) is 12.7 Å². The SMILES string of the molecule is COC(=O)Cn1cc(C#N)c(-c2cc(N)cc(C(F)(F)F)c2)c1. The minimum atomic E-state index is -4.55. The Kier molecular flexibility index (Phi) is 4.31. The number of nitrogen functional groups attached to an aromatic ring is 1. The predicted molar refractivity (Wildman–Crippen MR) is 76.0 cm³/mol. The van der Waals surface area contributed by atoms with Crippen LogP contribution in [0.4, 0.5) is 18.9 Å². The highest BCUT2D eigenvalue weighted by Gasteiger charge is 2.31. The van der Waals surface area contributed by atoms with Crippen molar-refractivity contribution in [2.24, 2.45) is 0 Å². The van der Waals surface area contributed by atoms with Gasteiger partial charge in [0, 0.05) is 23.6 Å². The second kappa shape index (κ2) is 6.04. The molecule has 5 nitrogen and oxygen atoms in total. The van der Waals surface area contributed by atoms with Gasteiger partial charge in [0.15, 0.2) is 0 Å². The summed E-state index contributed by atoms with van der Waals surface area (Å²) in [7, 11) is 1.21. The van der Waals surface area contributed by atoms with Gasteiger partial charge >= 0.3 is 12.1 Å². The average Bonchev–Trinajstić information content (AvgIpc) is 2.88. The smallest absolute Gasteiger partial charge is 0.416 e. The van der Waals surface area contributed by atoms with Crippen LogP contribution in [0.2, 0.25) is 0 Å². The molecule has 0 radical (unpaired) electrons. The van der Waals surface area contributed by atoms with E-state index in [9.17, 15) is 18.0 Å². The van der Waals surface area contributed by atoms with Crippen molar-refractivity contribution < 1.29 is 22.7 Å². The minimum absolute atomic E-state index is 0.0700. The third-order valence-electron chi connectivity index (χ3n) is 3.13. The second-order valence-corrected chi connectivity index (χ2v) is 4.79. The number of ether oxygens (including phenoxy) is 1. The minimum Gasteiger partial charge on any atom is -0.468 e. The van der Waals surface area contributed by atoms with Gasteiger partial charge in [0.2, 0.25) is 0 Å². The van der Waals surface area contributed by atoms with Crippen LogP contribution >= 0.6 is 0 Å². The van der Waals surface area contributed by atoms with Crippen LogP contribution in [-0.2, 0) is 22.3 Å². The first-order valence-electron chi connectivity index (χ1n) is 6.39. The summed E-state index contributed by atoms with van der Waals surface area (Å²) in [4.78, 5) is 11.3. The van der Waals surface area contributed by atoms with Crippen molar-refractivity contribution in [3.63, 3.8) is 0 Å². The Bertz CT molecular complexity index is 788. The lowest BCUT2D eigenvalue weighted by Crippen LogP contribution is -2.09. The molecule has 0 spiro atoms. The van der Waals surface area contributed by atoms with Gasteiger partial charge < -0.3 is 15.0 Å². The summed E-state index contributed by atoms with van der Waals surface area (Å²) in [6.07, 6.45) is -1.78. The number of hydrogen-bond donors (Lipinski definition) is 1. The van der Waals surface area contributed by atoms with E-state index in [4.69, 9.17) is 11.0 Å². The van der Waals surface area contributed by atoms with E-state index in [-0.39, 0.29) is 28.9 Å². The van der Waals surface area contributed by atoms with Gasteiger partial charge in [0.05, 0.1) is 18.2 Å². The fraction of sp³-hybridized carbons (Fsp3) is 0.200. The maximum absolute atomic E-state index is 12.9. The Morgan fingerprint density at radius 1 is 1.35 bits per heavy atom. The van der Waals surface area contributed by atoms with Crippen LogP contribution in [0.5, 0.6) is 0 Å². The summed E-state index contributed by atoms with van der Waals surface area (Å²) in [6, 6.07) is 4.96. The van der Waals surface area contributed by atoms with Gasteiger partial charge in [-0.3, -0.25) is 4.79 Å². The van der Waals surface area contributed by atoms with Gasteiger partial charge in [-0.15, -0.1) is 0 Å². The Morgan fingerprint density at radius 3 is 2.61 bits per heavy atom. The predicted octanol–water partition coefficient (Wildman–Crippen LogP) is 2.80. The fourth-order valence-electron chi connectivity index (χ4n) is 2.10. The highest BCUT2D eigenvalue weighted by molar-refractivity contribution is 5.75. The van der Waals surface area contributed by atoms with Gasteiger partial charge in [0.1, 0.15) is 12.6 Å². The number of halogens is 3. The van der Waals surface area contributed by atoms with Crippen LogP contribution in [0.3, 0.4) is 0 Å². The molecule has 2 N–H and O–H groups in total. The number of nitriles is 1. The van der Waals surface area contributed by atoms with E-state index < -0.39 is 17.7 Å². The quantitative estimate of drug-likeness (QED) is 0.695. The van der Waals surface area contributed by atoms with Crippen molar-refractivity contribution in [3.8, 4) is 17.2 Å². The van der Waals surface area contributed by atoms with Crippen molar-refractivity contribution >= 4 is 11.7 Å². The van der Waals surface area contributed by atoms with Gasteiger partial charge in [-0.2, -0.15) is 18.4 Å². The van der Waals surface area contributed by atoms with Gasteiger partial charge in [0.25, 0.3) is 0 Å². The van der Waals surface area contributed by atoms with E-state index in [1.807, 2.05) is 6.07 Å². The third kappa shape index (κ3) is 3.63. The molecular weight excluding hydrogens is 311 g/mol. The molecule has 8 heteroatoms. The molecule has 23 heavy (non-hydrogen) atoms. The second-order valence-electron chi connectivity index (χ2n) is 4.79. The van der Waals surface area contributed by atoms with Crippen molar-refractivity contribution in [3.05, 3.63) is 41.7 Å². The van der Waals surface area contributed by atoms with Crippen LogP contribution in [-0.4, -0.2) is 17.6 Å². The number of nitrogens with two attached hydrogens (primary N) is 1. The molecule has 2 rings (SSSR count). The lowest BCUT2D eigenvalue weighted by molar-refractivity contribution is -0.141. The molecule has 0 saturated heterocycles. The van der Waals surface area contributed by atoms with Crippen molar-refractivity contribution in [2.75, 3.05) is 12.8 Å². The number of anilines is 1. The first-order chi connectivity index (χ1) is 10.7. The Labute approximate surface area is 129 Å². The van der Waals surface area contributed by atoms with E-state index in [0.717, 1.165) is 12.1 Å². The molecule has 0 aliphatic carbocycles. The van der Waals surface area contributed by atoms with Gasteiger partial charge in [-0.1, -0.05) is 0 Å². The number of benzene rings is 1. The number of hydrogen-bond acceptors (Lipinski definition) is 4. The van der Waals surface area contributed by atoms with Crippen LogP contribution < -0.4 is 5.73 Å². The summed E-state index contributed by atoms with van der Waals surface area (Å²) >= 11 is 0. The molecule has 0 atom stereocenters. The zero-order valence-corrected chi connectivity index (χ0v) is 12.0. The topological polar surface area (TPSA) is 81.0 Å². The van der Waals surface area contributed by atoms with Crippen molar-refractivity contribution in [1.82, 2.24) is 4.57 Å². The molecular formula is C15H12F3N3O2. The summed E-state index contributed by atoms with van der Waals surface area (Å²) in [5.74, 6) is -0.542. The number of nitrogens with zero attached hydrogens (tertiary/aromatic N) is 2. The van der Waals surface area contributed by atoms with E-state index in [1.165, 1.54) is 30.1 Å². The standard InChI is InChI=1S/C15H12F3N3O2/c1-23-14(22)8-21-6-10(5-19)13(7-21)9-2-11(15(16,17)18)4-12(20)3-9/h2-4,6-7H,8,20H2,1H3. The van der Waals surface area contributed by atoms with Crippen LogP contribution in [0.15, 0.2) is 30.6 Å². The van der Waals surface area contributed by atoms with E-state index in [2.05, 4.69) is 4.74 Å². The fourth-order valence-corrected chi connectivity index (χ4v) is 2.10. The number of methoxy groups -OCH3 is 1. The lowest BCUT2D eigenvalue weighted by atomic mass is 10.0. The number of carbonyl (C=O) groups is 1. The summed E-state index contributed by atoms with van der Waals surface area (Å²) in [5.41, 5.74) is 5.10. The molecule has 1 aromatic carbocycles. The first-order valence-corrected chi connectivity index (χ1v) is 6.39. The normalized spacial score (nSPS) is 11.1. The molecule has 0 amide bonds. The molecule has 0 saturated carbocycles. The van der Waals surface area contributed by atoms with Crippen LogP contribution in [0.1, 0.15) is 11.1 Å². The maximum atomic E-state index is 12.9. The molecule has 0 aliphatic heterocycles. The number of alkyl halides is 3. The summed E-state index contributed by atoms with van der Waals surface area (Å²) < 4.78 is 44.5. The highest BCUT2D eigenvalue weighted by Crippen LogP contribution is 2.35. The molecule has 0 fully saturated rings.